The summed E-state index contributed by atoms with van der Waals surface area (Å²) in [5.41, 5.74) is 3.31. The third-order valence-electron chi connectivity index (χ3n) is 5.32. The molecule has 1 spiro atoms. The molecule has 3 heterocycles. The number of hydrogen-bond acceptors (Lipinski definition) is 3. The second kappa shape index (κ2) is 5.72. The van der Waals surface area contributed by atoms with E-state index in [4.69, 9.17) is 0 Å². The molecule has 2 aliphatic rings. The highest BCUT2D eigenvalue weighted by molar-refractivity contribution is 5.97. The molecule has 1 aromatic heterocycles. The molecule has 6 nitrogen and oxygen atoms in total. The van der Waals surface area contributed by atoms with Gasteiger partial charge < -0.3 is 9.80 Å². The maximum Gasteiger partial charge on any atom is 0.274 e. The Hall–Kier alpha value is -2.63. The number of anilines is 1. The summed E-state index contributed by atoms with van der Waals surface area (Å²) in [6, 6.07) is 9.81. The molecule has 4 rings (SSSR count). The minimum Gasteiger partial charge on any atom is -0.337 e. The van der Waals surface area contributed by atoms with E-state index in [0.717, 1.165) is 17.8 Å². The zero-order chi connectivity index (χ0) is 17.6. The van der Waals surface area contributed by atoms with Crippen molar-refractivity contribution in [3.8, 4) is 0 Å². The number of benzene rings is 1. The summed E-state index contributed by atoms with van der Waals surface area (Å²) in [5, 5.41) is 6.88. The van der Waals surface area contributed by atoms with E-state index in [9.17, 15) is 9.59 Å². The maximum absolute atomic E-state index is 12.6. The molecule has 2 fully saturated rings. The van der Waals surface area contributed by atoms with E-state index in [2.05, 4.69) is 10.2 Å². The molecular weight excluding hydrogens is 316 g/mol. The number of nitrogens with zero attached hydrogens (tertiary/aromatic N) is 3. The number of amides is 2. The minimum absolute atomic E-state index is 0.0533. The van der Waals surface area contributed by atoms with Crippen molar-refractivity contribution in [1.82, 2.24) is 15.1 Å². The fourth-order valence-electron chi connectivity index (χ4n) is 3.93. The van der Waals surface area contributed by atoms with Crippen molar-refractivity contribution in [3.63, 3.8) is 0 Å². The van der Waals surface area contributed by atoms with Gasteiger partial charge in [0.2, 0.25) is 5.91 Å². The molecule has 1 aromatic carbocycles. The van der Waals surface area contributed by atoms with Crippen LogP contribution in [0.2, 0.25) is 0 Å². The fraction of sp³-hybridized carbons (Fsp3) is 0.421. The predicted octanol–water partition coefficient (Wildman–Crippen LogP) is 2.30. The average Bonchev–Trinajstić information content (AvgIpc) is 3.28. The molecule has 130 valence electrons. The molecule has 0 aliphatic carbocycles. The van der Waals surface area contributed by atoms with Crippen LogP contribution in [0.5, 0.6) is 0 Å². The normalized spacial score (nSPS) is 23.0. The van der Waals surface area contributed by atoms with Crippen LogP contribution in [0.4, 0.5) is 5.69 Å². The van der Waals surface area contributed by atoms with Gasteiger partial charge in [-0.1, -0.05) is 17.7 Å². The van der Waals surface area contributed by atoms with Gasteiger partial charge in [0.05, 0.1) is 0 Å². The molecule has 2 aromatic rings. The first kappa shape index (κ1) is 15.9. The van der Waals surface area contributed by atoms with Gasteiger partial charge in [-0.05, 0) is 38.5 Å². The van der Waals surface area contributed by atoms with Crippen molar-refractivity contribution in [2.24, 2.45) is 5.41 Å². The zero-order valence-corrected chi connectivity index (χ0v) is 14.6. The van der Waals surface area contributed by atoms with Gasteiger partial charge >= 0.3 is 0 Å². The number of likely N-dealkylation sites (tertiary alicyclic amines) is 1. The Morgan fingerprint density at radius 1 is 1.20 bits per heavy atom. The highest BCUT2D eigenvalue weighted by Crippen LogP contribution is 2.42. The largest absolute Gasteiger partial charge is 0.337 e. The standard InChI is InChI=1S/C19H22N4O2/c1-13-3-5-15(6-4-13)23-12-19(10-17(23)24)7-8-22(11-19)18(25)16-9-14(2)20-21-16/h3-6,9H,7-8,10-12H2,1-2H3,(H,20,21)/t19-/m1/s1. The number of rotatable bonds is 2. The quantitative estimate of drug-likeness (QED) is 0.913. The Morgan fingerprint density at radius 2 is 1.96 bits per heavy atom. The molecule has 1 atom stereocenters. The van der Waals surface area contributed by atoms with Crippen LogP contribution in [0.25, 0.3) is 0 Å². The van der Waals surface area contributed by atoms with E-state index < -0.39 is 0 Å². The van der Waals surface area contributed by atoms with E-state index in [1.165, 1.54) is 5.56 Å². The van der Waals surface area contributed by atoms with Crippen LogP contribution >= 0.6 is 0 Å². The van der Waals surface area contributed by atoms with Crippen molar-refractivity contribution in [2.75, 3.05) is 24.5 Å². The molecule has 1 N–H and O–H groups in total. The topological polar surface area (TPSA) is 69.3 Å². The van der Waals surface area contributed by atoms with Crippen molar-refractivity contribution >= 4 is 17.5 Å². The van der Waals surface area contributed by atoms with Crippen molar-refractivity contribution in [1.29, 1.82) is 0 Å². The minimum atomic E-state index is -0.136. The highest BCUT2D eigenvalue weighted by Gasteiger charge is 2.49. The van der Waals surface area contributed by atoms with Gasteiger partial charge in [-0.15, -0.1) is 0 Å². The molecule has 0 radical (unpaired) electrons. The van der Waals surface area contributed by atoms with Crippen LogP contribution in [-0.2, 0) is 4.79 Å². The maximum atomic E-state index is 12.6. The van der Waals surface area contributed by atoms with E-state index in [1.807, 2.05) is 47.9 Å². The van der Waals surface area contributed by atoms with Crippen LogP contribution < -0.4 is 4.90 Å². The van der Waals surface area contributed by atoms with Gasteiger partial charge in [-0.2, -0.15) is 5.10 Å². The first-order valence-corrected chi connectivity index (χ1v) is 8.64. The zero-order valence-electron chi connectivity index (χ0n) is 14.6. The Kier molecular flexibility index (Phi) is 3.63. The predicted molar refractivity (Wildman–Crippen MR) is 94.4 cm³/mol. The van der Waals surface area contributed by atoms with Crippen molar-refractivity contribution < 1.29 is 9.59 Å². The number of carbonyl (C=O) groups excluding carboxylic acids is 2. The van der Waals surface area contributed by atoms with Gasteiger partial charge in [0.1, 0.15) is 5.69 Å². The lowest BCUT2D eigenvalue weighted by Crippen LogP contribution is -2.34. The summed E-state index contributed by atoms with van der Waals surface area (Å²) < 4.78 is 0. The van der Waals surface area contributed by atoms with Crippen LogP contribution in [0.1, 0.15) is 34.6 Å². The highest BCUT2D eigenvalue weighted by atomic mass is 16.2. The summed E-state index contributed by atoms with van der Waals surface area (Å²) in [5.74, 6) is 0.0937. The number of aromatic nitrogens is 2. The Morgan fingerprint density at radius 3 is 2.64 bits per heavy atom. The lowest BCUT2D eigenvalue weighted by Gasteiger charge is -2.24. The van der Waals surface area contributed by atoms with E-state index in [1.54, 1.807) is 6.07 Å². The third kappa shape index (κ3) is 2.81. The van der Waals surface area contributed by atoms with Gasteiger partial charge in [-0.3, -0.25) is 14.7 Å². The smallest absolute Gasteiger partial charge is 0.274 e. The van der Waals surface area contributed by atoms with Crippen LogP contribution in [0, 0.1) is 19.3 Å². The van der Waals surface area contributed by atoms with Crippen LogP contribution in [0.15, 0.2) is 30.3 Å². The van der Waals surface area contributed by atoms with Crippen molar-refractivity contribution in [3.05, 3.63) is 47.3 Å². The van der Waals surface area contributed by atoms with Crippen molar-refractivity contribution in [2.45, 2.75) is 26.7 Å². The average molecular weight is 338 g/mol. The SMILES string of the molecule is Cc1ccc(N2C[C@]3(CCN(C(=O)c4cc(C)[nH]n4)C3)CC2=O)cc1. The van der Waals surface area contributed by atoms with Crippen LogP contribution in [0.3, 0.4) is 0 Å². The van der Waals surface area contributed by atoms with Gasteiger partial charge in [0, 0.05) is 42.9 Å². The Labute approximate surface area is 146 Å². The number of nitrogens with one attached hydrogen (secondary N) is 1. The molecule has 0 saturated carbocycles. The Bertz CT molecular complexity index is 826. The number of carbonyl (C=O) groups is 2. The lowest BCUT2D eigenvalue weighted by atomic mass is 9.86. The number of aromatic amines is 1. The van der Waals surface area contributed by atoms with E-state index in [-0.39, 0.29) is 17.2 Å². The molecule has 2 saturated heterocycles. The lowest BCUT2D eigenvalue weighted by molar-refractivity contribution is -0.117. The summed E-state index contributed by atoms with van der Waals surface area (Å²) in [7, 11) is 0. The second-order valence-electron chi connectivity index (χ2n) is 7.41. The van der Waals surface area contributed by atoms with Gasteiger partial charge in [-0.25, -0.2) is 0 Å². The van der Waals surface area contributed by atoms with E-state index >= 15 is 0 Å². The number of hydrogen-bond donors (Lipinski definition) is 1. The third-order valence-corrected chi connectivity index (χ3v) is 5.32. The summed E-state index contributed by atoms with van der Waals surface area (Å²) >= 11 is 0. The number of H-pyrrole nitrogens is 1. The second-order valence-corrected chi connectivity index (χ2v) is 7.41. The molecule has 25 heavy (non-hydrogen) atoms. The van der Waals surface area contributed by atoms with Crippen LogP contribution in [-0.4, -0.2) is 46.5 Å². The molecule has 0 bridgehead atoms. The van der Waals surface area contributed by atoms with Gasteiger partial charge in [0.25, 0.3) is 5.91 Å². The molecule has 2 amide bonds. The first-order chi connectivity index (χ1) is 12.0. The molecule has 6 heteroatoms. The summed E-state index contributed by atoms with van der Waals surface area (Å²) in [6.45, 7) is 5.89. The first-order valence-electron chi connectivity index (χ1n) is 8.64. The molecule has 0 unspecified atom stereocenters. The summed E-state index contributed by atoms with van der Waals surface area (Å²) in [6.07, 6.45) is 1.36. The monoisotopic (exact) mass is 338 g/mol. The van der Waals surface area contributed by atoms with Gasteiger partial charge in [0.15, 0.2) is 0 Å². The summed E-state index contributed by atoms with van der Waals surface area (Å²) in [4.78, 5) is 28.9. The Balaban J connectivity index is 1.50. The fourth-order valence-corrected chi connectivity index (χ4v) is 3.93. The van der Waals surface area contributed by atoms with E-state index in [0.29, 0.717) is 31.7 Å². The molecule has 2 aliphatic heterocycles. The molecular formula is C19H22N4O2. The number of aryl methyl sites for hydroxylation is 2.